The Morgan fingerprint density at radius 1 is 1.22 bits per heavy atom. The van der Waals surface area contributed by atoms with E-state index in [1.807, 2.05) is 25.7 Å². The molecule has 3 saturated heterocycles. The predicted octanol–water partition coefficient (Wildman–Crippen LogP) is -0.410. The highest BCUT2D eigenvalue weighted by molar-refractivity contribution is 7.88. The maximum absolute atomic E-state index is 12.5. The Labute approximate surface area is 138 Å². The van der Waals surface area contributed by atoms with E-state index < -0.39 is 15.4 Å². The SMILES string of the molecule is CC(C)(C)C(=O)N1CC2(C1)CN(S(C)(=O)=O)CC1COCCN12. The first-order valence-electron chi connectivity index (χ1n) is 8.12. The molecule has 3 aliphatic rings. The van der Waals surface area contributed by atoms with Crippen LogP contribution in [0.15, 0.2) is 0 Å². The van der Waals surface area contributed by atoms with Crippen molar-refractivity contribution in [1.82, 2.24) is 14.1 Å². The Morgan fingerprint density at radius 3 is 2.43 bits per heavy atom. The van der Waals surface area contributed by atoms with Crippen LogP contribution in [0.5, 0.6) is 0 Å². The fourth-order valence-electron chi connectivity index (χ4n) is 3.97. The lowest BCUT2D eigenvalue weighted by molar-refractivity contribution is -0.175. The number of carbonyl (C=O) groups excluding carboxylic acids is 1. The monoisotopic (exact) mass is 345 g/mol. The zero-order valence-electron chi connectivity index (χ0n) is 14.4. The molecule has 1 unspecified atom stereocenters. The van der Waals surface area contributed by atoms with Crippen LogP contribution in [0.3, 0.4) is 0 Å². The van der Waals surface area contributed by atoms with Crippen molar-refractivity contribution in [2.24, 2.45) is 5.41 Å². The number of likely N-dealkylation sites (tertiary alicyclic amines) is 1. The molecule has 0 bridgehead atoms. The van der Waals surface area contributed by atoms with Crippen molar-refractivity contribution >= 4 is 15.9 Å². The van der Waals surface area contributed by atoms with Gasteiger partial charge in [-0.25, -0.2) is 8.42 Å². The zero-order chi connectivity index (χ0) is 17.0. The Hall–Kier alpha value is -0.700. The summed E-state index contributed by atoms with van der Waals surface area (Å²) in [6, 6.07) is 0.0825. The third kappa shape index (κ3) is 3.01. The maximum atomic E-state index is 12.5. The first kappa shape index (κ1) is 17.1. The zero-order valence-corrected chi connectivity index (χ0v) is 15.2. The molecule has 3 aliphatic heterocycles. The van der Waals surface area contributed by atoms with E-state index >= 15 is 0 Å². The van der Waals surface area contributed by atoms with Crippen molar-refractivity contribution < 1.29 is 17.9 Å². The molecular weight excluding hydrogens is 318 g/mol. The van der Waals surface area contributed by atoms with Crippen LogP contribution in [0, 0.1) is 5.41 Å². The number of morpholine rings is 1. The van der Waals surface area contributed by atoms with Gasteiger partial charge < -0.3 is 9.64 Å². The summed E-state index contributed by atoms with van der Waals surface area (Å²) in [5.74, 6) is 0.129. The fourth-order valence-corrected chi connectivity index (χ4v) is 4.88. The molecular formula is C15H27N3O4S. The summed E-state index contributed by atoms with van der Waals surface area (Å²) in [6.45, 7) is 9.94. The lowest BCUT2D eigenvalue weighted by Gasteiger charge is -2.63. The second kappa shape index (κ2) is 5.40. The number of sulfonamides is 1. The minimum Gasteiger partial charge on any atom is -0.378 e. The van der Waals surface area contributed by atoms with Crippen LogP contribution < -0.4 is 0 Å². The highest BCUT2D eigenvalue weighted by Crippen LogP contribution is 2.38. The van der Waals surface area contributed by atoms with Gasteiger partial charge >= 0.3 is 0 Å². The minimum atomic E-state index is -3.24. The minimum absolute atomic E-state index is 0.0825. The van der Waals surface area contributed by atoms with Gasteiger partial charge in [0.05, 0.1) is 25.0 Å². The number of rotatable bonds is 1. The first-order chi connectivity index (χ1) is 10.5. The Morgan fingerprint density at radius 2 is 1.87 bits per heavy atom. The van der Waals surface area contributed by atoms with Crippen molar-refractivity contribution in [3.63, 3.8) is 0 Å². The molecule has 0 aromatic rings. The molecule has 0 saturated carbocycles. The Kier molecular flexibility index (Phi) is 4.03. The average molecular weight is 345 g/mol. The summed E-state index contributed by atoms with van der Waals surface area (Å²) in [5, 5.41) is 0. The first-order valence-corrected chi connectivity index (χ1v) is 9.97. The standard InChI is InChI=1S/C15H27N3O4S/c1-14(2,3)13(19)16-9-15(10-16)11-17(23(4,20)21)7-12-8-22-6-5-18(12)15/h12H,5-11H2,1-4H3. The number of hydrogen-bond acceptors (Lipinski definition) is 5. The number of hydrogen-bond donors (Lipinski definition) is 0. The van der Waals surface area contributed by atoms with E-state index in [-0.39, 0.29) is 17.5 Å². The second-order valence-electron chi connectivity index (χ2n) is 8.11. The van der Waals surface area contributed by atoms with Gasteiger partial charge in [0, 0.05) is 44.2 Å². The number of ether oxygens (including phenoxy) is 1. The van der Waals surface area contributed by atoms with Gasteiger partial charge in [0.1, 0.15) is 0 Å². The van der Waals surface area contributed by atoms with E-state index in [0.29, 0.717) is 39.4 Å². The van der Waals surface area contributed by atoms with Gasteiger partial charge in [0.25, 0.3) is 0 Å². The van der Waals surface area contributed by atoms with Crippen LogP contribution in [0.2, 0.25) is 0 Å². The fraction of sp³-hybridized carbons (Fsp3) is 0.933. The number of fused-ring (bicyclic) bond motifs is 2. The molecule has 0 radical (unpaired) electrons. The van der Waals surface area contributed by atoms with Crippen LogP contribution in [0.1, 0.15) is 20.8 Å². The molecule has 0 aliphatic carbocycles. The van der Waals surface area contributed by atoms with Crippen molar-refractivity contribution in [3.8, 4) is 0 Å². The van der Waals surface area contributed by atoms with Crippen LogP contribution in [0.4, 0.5) is 0 Å². The van der Waals surface area contributed by atoms with Gasteiger partial charge in [-0.15, -0.1) is 0 Å². The normalized spacial score (nSPS) is 29.2. The molecule has 1 spiro atoms. The molecule has 0 aromatic heterocycles. The smallest absolute Gasteiger partial charge is 0.228 e. The topological polar surface area (TPSA) is 70.2 Å². The molecule has 132 valence electrons. The molecule has 3 heterocycles. The van der Waals surface area contributed by atoms with E-state index in [9.17, 15) is 13.2 Å². The third-order valence-electron chi connectivity index (χ3n) is 5.09. The number of piperazine rings is 1. The highest BCUT2D eigenvalue weighted by atomic mass is 32.2. The molecule has 0 aromatic carbocycles. The van der Waals surface area contributed by atoms with Crippen molar-refractivity contribution in [2.75, 3.05) is 52.2 Å². The summed E-state index contributed by atoms with van der Waals surface area (Å²) in [7, 11) is -3.24. The molecule has 8 heteroatoms. The number of carbonyl (C=O) groups is 1. The highest BCUT2D eigenvalue weighted by Gasteiger charge is 2.57. The maximum Gasteiger partial charge on any atom is 0.228 e. The van der Waals surface area contributed by atoms with E-state index in [1.165, 1.54) is 6.26 Å². The number of nitrogens with zero attached hydrogens (tertiary/aromatic N) is 3. The molecule has 1 amide bonds. The lowest BCUT2D eigenvalue weighted by atomic mass is 9.81. The summed E-state index contributed by atoms with van der Waals surface area (Å²) in [6.07, 6.45) is 1.26. The summed E-state index contributed by atoms with van der Waals surface area (Å²) >= 11 is 0. The molecule has 3 fully saturated rings. The summed E-state index contributed by atoms with van der Waals surface area (Å²) < 4.78 is 31.2. The summed E-state index contributed by atoms with van der Waals surface area (Å²) in [5.41, 5.74) is -0.659. The van der Waals surface area contributed by atoms with Gasteiger partial charge in [-0.2, -0.15) is 4.31 Å². The molecule has 3 rings (SSSR count). The van der Waals surface area contributed by atoms with Gasteiger partial charge in [-0.3, -0.25) is 9.69 Å². The van der Waals surface area contributed by atoms with Crippen LogP contribution in [-0.4, -0.2) is 92.2 Å². The Balaban J connectivity index is 1.81. The van der Waals surface area contributed by atoms with Gasteiger partial charge in [0.15, 0.2) is 0 Å². The van der Waals surface area contributed by atoms with E-state index in [0.717, 1.165) is 6.54 Å². The molecule has 1 atom stereocenters. The average Bonchev–Trinajstić information content (AvgIpc) is 2.40. The van der Waals surface area contributed by atoms with Gasteiger partial charge in [0.2, 0.25) is 15.9 Å². The largest absolute Gasteiger partial charge is 0.378 e. The van der Waals surface area contributed by atoms with Gasteiger partial charge in [-0.05, 0) is 0 Å². The quantitative estimate of drug-likeness (QED) is 0.646. The van der Waals surface area contributed by atoms with Crippen LogP contribution in [-0.2, 0) is 19.6 Å². The summed E-state index contributed by atoms with van der Waals surface area (Å²) in [4.78, 5) is 16.7. The van der Waals surface area contributed by atoms with E-state index in [2.05, 4.69) is 4.90 Å². The molecule has 7 nitrogen and oxygen atoms in total. The van der Waals surface area contributed by atoms with Crippen LogP contribution >= 0.6 is 0 Å². The number of amides is 1. The second-order valence-corrected chi connectivity index (χ2v) is 10.1. The van der Waals surface area contributed by atoms with E-state index in [4.69, 9.17) is 4.74 Å². The lowest BCUT2D eigenvalue weighted by Crippen LogP contribution is -2.81. The van der Waals surface area contributed by atoms with Crippen molar-refractivity contribution in [2.45, 2.75) is 32.4 Å². The Bertz CT molecular complexity index is 592. The molecule has 23 heavy (non-hydrogen) atoms. The van der Waals surface area contributed by atoms with E-state index in [1.54, 1.807) is 4.31 Å². The third-order valence-corrected chi connectivity index (χ3v) is 6.31. The van der Waals surface area contributed by atoms with Crippen molar-refractivity contribution in [3.05, 3.63) is 0 Å². The van der Waals surface area contributed by atoms with Crippen LogP contribution in [0.25, 0.3) is 0 Å². The predicted molar refractivity (Wildman–Crippen MR) is 86.5 cm³/mol. The van der Waals surface area contributed by atoms with Crippen molar-refractivity contribution in [1.29, 1.82) is 0 Å². The molecule has 0 N–H and O–H groups in total. The van der Waals surface area contributed by atoms with Gasteiger partial charge in [-0.1, -0.05) is 20.8 Å².